The molecule has 5 nitrogen and oxygen atoms in total. The van der Waals surface area contributed by atoms with Gasteiger partial charge in [-0.05, 0) is 95.5 Å². The highest BCUT2D eigenvalue weighted by Gasteiger charge is 2.35. The molecular formula is C27H30O5. The summed E-state index contributed by atoms with van der Waals surface area (Å²) in [6, 6.07) is 11.2. The minimum absolute atomic E-state index is 0.132. The predicted octanol–water partition coefficient (Wildman–Crippen LogP) is 6.44. The Hall–Kier alpha value is -3.34. The van der Waals surface area contributed by atoms with Crippen molar-refractivity contribution in [2.24, 2.45) is 0 Å². The zero-order valence-corrected chi connectivity index (χ0v) is 19.7. The van der Waals surface area contributed by atoms with Gasteiger partial charge in [0.25, 0.3) is 0 Å². The van der Waals surface area contributed by atoms with Crippen LogP contribution in [-0.4, -0.2) is 23.0 Å². The lowest BCUT2D eigenvalue weighted by atomic mass is 10.0. The molecule has 0 saturated carbocycles. The smallest absolute Gasteiger partial charge is 0.350 e. The molecule has 3 rings (SSSR count). The normalized spacial score (nSPS) is 12.3. The van der Waals surface area contributed by atoms with Crippen LogP contribution in [0.2, 0.25) is 0 Å². The Bertz CT molecular complexity index is 1170. The van der Waals surface area contributed by atoms with E-state index in [4.69, 9.17) is 13.9 Å². The van der Waals surface area contributed by atoms with Crippen molar-refractivity contribution in [3.63, 3.8) is 0 Å². The average Bonchev–Trinajstić information content (AvgIpc) is 3.16. The summed E-state index contributed by atoms with van der Waals surface area (Å²) in [5.41, 5.74) is 1.96. The minimum Gasteiger partial charge on any atom is -0.476 e. The van der Waals surface area contributed by atoms with Gasteiger partial charge < -0.3 is 13.9 Å². The van der Waals surface area contributed by atoms with Gasteiger partial charge in [-0.15, -0.1) is 0 Å². The maximum Gasteiger partial charge on any atom is 0.350 e. The Morgan fingerprint density at radius 1 is 0.969 bits per heavy atom. The van der Waals surface area contributed by atoms with Gasteiger partial charge in [0.2, 0.25) is 0 Å². The van der Waals surface area contributed by atoms with E-state index < -0.39 is 17.2 Å². The van der Waals surface area contributed by atoms with Gasteiger partial charge in [0, 0.05) is 5.39 Å². The summed E-state index contributed by atoms with van der Waals surface area (Å²) in [5.74, 6) is 0.0717. The lowest BCUT2D eigenvalue weighted by Gasteiger charge is -2.30. The van der Waals surface area contributed by atoms with Crippen molar-refractivity contribution >= 4 is 28.8 Å². The first-order valence-corrected chi connectivity index (χ1v) is 10.6. The summed E-state index contributed by atoms with van der Waals surface area (Å²) in [4.78, 5) is 25.3. The number of carbonyl (C=O) groups is 2. The monoisotopic (exact) mass is 434 g/mol. The number of furan rings is 1. The van der Waals surface area contributed by atoms with Crippen LogP contribution >= 0.6 is 0 Å². The second kappa shape index (κ2) is 8.65. The van der Waals surface area contributed by atoms with Crippen LogP contribution < -0.4 is 4.74 Å². The first-order valence-electron chi connectivity index (χ1n) is 10.6. The van der Waals surface area contributed by atoms with Crippen molar-refractivity contribution in [1.29, 1.82) is 0 Å². The molecule has 0 N–H and O–H groups in total. The Labute approximate surface area is 189 Å². The van der Waals surface area contributed by atoms with Crippen LogP contribution in [0.15, 0.2) is 53.2 Å². The Balaban J connectivity index is 1.80. The zero-order valence-electron chi connectivity index (χ0n) is 19.7. The van der Waals surface area contributed by atoms with Gasteiger partial charge in [0.05, 0.1) is 11.8 Å². The van der Waals surface area contributed by atoms with E-state index in [0.717, 1.165) is 22.1 Å². The number of benzene rings is 2. The quantitative estimate of drug-likeness (QED) is 0.254. The van der Waals surface area contributed by atoms with E-state index in [-0.39, 0.29) is 5.78 Å². The third kappa shape index (κ3) is 5.28. The molecule has 0 saturated heterocycles. The van der Waals surface area contributed by atoms with Crippen molar-refractivity contribution in [3.8, 4) is 5.75 Å². The van der Waals surface area contributed by atoms with Crippen molar-refractivity contribution in [2.45, 2.75) is 59.7 Å². The highest BCUT2D eigenvalue weighted by Crippen LogP contribution is 2.30. The van der Waals surface area contributed by atoms with E-state index in [1.165, 1.54) is 6.08 Å². The molecule has 32 heavy (non-hydrogen) atoms. The Morgan fingerprint density at radius 3 is 2.25 bits per heavy atom. The molecule has 2 aromatic carbocycles. The maximum atomic E-state index is 12.7. The SMILES string of the molecule is Cc1cc(/C=C/C(=O)c2cccc3ccoc23)cc(C)c1OC(C)(C)C(=O)OC(C)(C)C. The Morgan fingerprint density at radius 2 is 1.62 bits per heavy atom. The van der Waals surface area contributed by atoms with Crippen LogP contribution in [0.4, 0.5) is 0 Å². The van der Waals surface area contributed by atoms with Crippen LogP contribution in [0.1, 0.15) is 61.7 Å². The van der Waals surface area contributed by atoms with E-state index in [1.807, 2.05) is 65.0 Å². The van der Waals surface area contributed by atoms with Crippen LogP contribution in [0, 0.1) is 13.8 Å². The fourth-order valence-corrected chi connectivity index (χ4v) is 3.39. The molecule has 0 amide bonds. The second-order valence-electron chi connectivity index (χ2n) is 9.44. The van der Waals surface area contributed by atoms with Crippen molar-refractivity contribution < 1.29 is 23.5 Å². The van der Waals surface area contributed by atoms with Crippen molar-refractivity contribution in [1.82, 2.24) is 0 Å². The number of esters is 1. The third-order valence-electron chi connectivity index (χ3n) is 4.90. The third-order valence-corrected chi connectivity index (χ3v) is 4.90. The molecule has 0 atom stereocenters. The van der Waals surface area contributed by atoms with E-state index >= 15 is 0 Å². The average molecular weight is 435 g/mol. The summed E-state index contributed by atoms with van der Waals surface area (Å²) in [6.45, 7) is 12.7. The van der Waals surface area contributed by atoms with E-state index in [1.54, 1.807) is 32.3 Å². The topological polar surface area (TPSA) is 65.7 Å². The molecule has 0 fully saturated rings. The molecule has 0 bridgehead atoms. The first-order chi connectivity index (χ1) is 14.9. The van der Waals surface area contributed by atoms with Gasteiger partial charge in [-0.2, -0.15) is 0 Å². The molecule has 0 aliphatic rings. The molecule has 0 radical (unpaired) electrons. The number of rotatable bonds is 6. The second-order valence-corrected chi connectivity index (χ2v) is 9.44. The number of ketones is 1. The van der Waals surface area contributed by atoms with E-state index in [0.29, 0.717) is 16.9 Å². The Kier molecular flexibility index (Phi) is 6.31. The molecule has 3 aromatic rings. The number of hydrogen-bond donors (Lipinski definition) is 0. The summed E-state index contributed by atoms with van der Waals surface area (Å²) < 4.78 is 17.0. The van der Waals surface area contributed by atoms with Gasteiger partial charge in [-0.25, -0.2) is 4.79 Å². The zero-order chi connectivity index (χ0) is 23.7. The summed E-state index contributed by atoms with van der Waals surface area (Å²) in [5, 5.41) is 0.894. The standard InChI is InChI=1S/C27H30O5/c1-17-15-19(11-12-22(28)21-10-8-9-20-13-14-30-24(20)21)16-18(2)23(17)31-27(6,7)25(29)32-26(3,4)5/h8-16H,1-7H3/b12-11+. The van der Waals surface area contributed by atoms with E-state index in [2.05, 4.69) is 0 Å². The number of fused-ring (bicyclic) bond motifs is 1. The first kappa shape index (κ1) is 23.3. The van der Waals surface area contributed by atoms with Crippen LogP contribution in [0.5, 0.6) is 5.75 Å². The molecule has 1 heterocycles. The van der Waals surface area contributed by atoms with Crippen molar-refractivity contribution in [2.75, 3.05) is 0 Å². The number of allylic oxidation sites excluding steroid dienone is 1. The molecule has 0 aliphatic carbocycles. The highest BCUT2D eigenvalue weighted by molar-refractivity contribution is 6.13. The highest BCUT2D eigenvalue weighted by atomic mass is 16.6. The van der Waals surface area contributed by atoms with Gasteiger partial charge in [0.1, 0.15) is 16.9 Å². The summed E-state index contributed by atoms with van der Waals surface area (Å²) in [6.07, 6.45) is 4.89. The lowest BCUT2D eigenvalue weighted by Crippen LogP contribution is -2.43. The fourth-order valence-electron chi connectivity index (χ4n) is 3.39. The van der Waals surface area contributed by atoms with Crippen LogP contribution in [0.3, 0.4) is 0 Å². The lowest BCUT2D eigenvalue weighted by molar-refractivity contribution is -0.171. The number of hydrogen-bond acceptors (Lipinski definition) is 5. The van der Waals surface area contributed by atoms with Gasteiger partial charge in [0.15, 0.2) is 11.4 Å². The largest absolute Gasteiger partial charge is 0.476 e. The van der Waals surface area contributed by atoms with Gasteiger partial charge >= 0.3 is 5.97 Å². The van der Waals surface area contributed by atoms with Gasteiger partial charge in [-0.1, -0.05) is 18.2 Å². The van der Waals surface area contributed by atoms with E-state index in [9.17, 15) is 9.59 Å². The number of aryl methyl sites for hydroxylation is 2. The molecule has 0 aliphatic heterocycles. The summed E-state index contributed by atoms with van der Waals surface area (Å²) >= 11 is 0. The van der Waals surface area contributed by atoms with Crippen LogP contribution in [0.25, 0.3) is 17.0 Å². The molecule has 0 unspecified atom stereocenters. The number of para-hydroxylation sites is 1. The molecule has 1 aromatic heterocycles. The minimum atomic E-state index is -1.14. The molecule has 5 heteroatoms. The van der Waals surface area contributed by atoms with Crippen LogP contribution in [-0.2, 0) is 9.53 Å². The predicted molar refractivity (Wildman–Crippen MR) is 126 cm³/mol. The molecular weight excluding hydrogens is 404 g/mol. The molecule has 0 spiro atoms. The van der Waals surface area contributed by atoms with Crippen molar-refractivity contribution in [3.05, 3.63) is 71.0 Å². The number of carbonyl (C=O) groups excluding carboxylic acids is 2. The molecule has 168 valence electrons. The number of ether oxygens (including phenoxy) is 2. The summed E-state index contributed by atoms with van der Waals surface area (Å²) in [7, 11) is 0. The maximum absolute atomic E-state index is 12.7. The fraction of sp³-hybridized carbons (Fsp3) is 0.333. The van der Waals surface area contributed by atoms with Gasteiger partial charge in [-0.3, -0.25) is 4.79 Å².